The van der Waals surface area contributed by atoms with Gasteiger partial charge in [0.25, 0.3) is 0 Å². The van der Waals surface area contributed by atoms with Gasteiger partial charge in [-0.1, -0.05) is 42.0 Å². The zero-order valence-electron chi connectivity index (χ0n) is 11.7. The Morgan fingerprint density at radius 3 is 2.10 bits per heavy atom. The highest BCUT2D eigenvalue weighted by molar-refractivity contribution is 6.04. The Morgan fingerprint density at radius 2 is 1.55 bits per heavy atom. The number of carbonyl (C=O) groups excluding carboxylic acids is 1. The average molecular weight is 274 g/mol. The molecule has 0 aromatic heterocycles. The van der Waals surface area contributed by atoms with Crippen LogP contribution in [0.2, 0.25) is 0 Å². The summed E-state index contributed by atoms with van der Waals surface area (Å²) >= 11 is 0. The molecule has 0 spiro atoms. The van der Waals surface area contributed by atoms with Crippen molar-refractivity contribution in [3.8, 4) is 11.1 Å². The molecule has 0 amide bonds. The third-order valence-electron chi connectivity index (χ3n) is 3.34. The number of benzene rings is 2. The van der Waals surface area contributed by atoms with Gasteiger partial charge < -0.3 is 0 Å². The number of hydrogen-bond acceptors (Lipinski definition) is 1. The summed E-state index contributed by atoms with van der Waals surface area (Å²) in [5.74, 6) is -1.13. The van der Waals surface area contributed by atoms with E-state index in [-0.39, 0.29) is 5.56 Å². The summed E-state index contributed by atoms with van der Waals surface area (Å²) in [5, 5.41) is 0. The molecule has 2 rings (SSSR count). The van der Waals surface area contributed by atoms with Crippen LogP contribution in [-0.2, 0) is 0 Å². The molecule has 0 radical (unpaired) electrons. The zero-order chi connectivity index (χ0) is 14.9. The molecule has 0 fully saturated rings. The maximum Gasteiger partial charge on any atom is 0.300 e. The first-order chi connectivity index (χ1) is 9.41. The Balaban J connectivity index is 2.69. The van der Waals surface area contributed by atoms with Crippen molar-refractivity contribution in [3.63, 3.8) is 0 Å². The van der Waals surface area contributed by atoms with E-state index in [0.29, 0.717) is 5.56 Å². The van der Waals surface area contributed by atoms with Gasteiger partial charge in [-0.15, -0.1) is 0 Å². The van der Waals surface area contributed by atoms with Crippen molar-refractivity contribution >= 4 is 5.78 Å². The SMILES string of the molecule is Cc1cc(C)c(-c2ccccc2C(=O)C(F)F)c(C)c1. The maximum atomic E-state index is 12.7. The van der Waals surface area contributed by atoms with E-state index in [0.717, 1.165) is 22.3 Å². The molecule has 3 heteroatoms. The number of Topliss-reactive ketones (excluding diaryl/α,β-unsaturated/α-hetero) is 1. The maximum absolute atomic E-state index is 12.7. The Hall–Kier alpha value is -2.03. The highest BCUT2D eigenvalue weighted by atomic mass is 19.3. The van der Waals surface area contributed by atoms with Crippen LogP contribution in [0, 0.1) is 20.8 Å². The molecule has 0 N–H and O–H groups in total. The Morgan fingerprint density at radius 1 is 1.00 bits per heavy atom. The predicted octanol–water partition coefficient (Wildman–Crippen LogP) is 4.73. The standard InChI is InChI=1S/C17H16F2O/c1-10-8-11(2)15(12(3)9-10)13-6-4-5-7-14(13)16(20)17(18)19/h4-9,17H,1-3H3. The molecule has 0 aliphatic rings. The van der Waals surface area contributed by atoms with E-state index < -0.39 is 12.2 Å². The summed E-state index contributed by atoms with van der Waals surface area (Å²) < 4.78 is 25.5. The van der Waals surface area contributed by atoms with Crippen molar-refractivity contribution < 1.29 is 13.6 Å². The van der Waals surface area contributed by atoms with Gasteiger partial charge >= 0.3 is 6.43 Å². The number of alkyl halides is 2. The van der Waals surface area contributed by atoms with E-state index in [2.05, 4.69) is 0 Å². The fraction of sp³-hybridized carbons (Fsp3) is 0.235. The number of aryl methyl sites for hydroxylation is 3. The Labute approximate surface area is 117 Å². The molecule has 1 nitrogen and oxygen atoms in total. The number of ketones is 1. The van der Waals surface area contributed by atoms with Gasteiger partial charge in [-0.25, -0.2) is 8.78 Å². The second kappa shape index (κ2) is 5.53. The predicted molar refractivity (Wildman–Crippen MR) is 76.4 cm³/mol. The van der Waals surface area contributed by atoms with Crippen LogP contribution in [0.5, 0.6) is 0 Å². The molecular weight excluding hydrogens is 258 g/mol. The first kappa shape index (κ1) is 14.4. The topological polar surface area (TPSA) is 17.1 Å². The van der Waals surface area contributed by atoms with Gasteiger partial charge in [0.2, 0.25) is 5.78 Å². The van der Waals surface area contributed by atoms with Crippen LogP contribution in [0.3, 0.4) is 0 Å². The number of rotatable bonds is 3. The molecule has 104 valence electrons. The highest BCUT2D eigenvalue weighted by Crippen LogP contribution is 2.32. The average Bonchev–Trinajstić information content (AvgIpc) is 2.37. The van der Waals surface area contributed by atoms with Crippen LogP contribution in [0.15, 0.2) is 36.4 Å². The molecule has 0 unspecified atom stereocenters. The molecule has 20 heavy (non-hydrogen) atoms. The first-order valence-corrected chi connectivity index (χ1v) is 6.41. The molecule has 0 atom stereocenters. The zero-order valence-corrected chi connectivity index (χ0v) is 11.7. The molecule has 0 heterocycles. The van der Waals surface area contributed by atoms with Gasteiger partial charge in [0.1, 0.15) is 0 Å². The summed E-state index contributed by atoms with van der Waals surface area (Å²) in [6.07, 6.45) is -2.98. The monoisotopic (exact) mass is 274 g/mol. The van der Waals surface area contributed by atoms with Crippen molar-refractivity contribution in [1.82, 2.24) is 0 Å². The fourth-order valence-corrected chi connectivity index (χ4v) is 2.64. The highest BCUT2D eigenvalue weighted by Gasteiger charge is 2.22. The third-order valence-corrected chi connectivity index (χ3v) is 3.34. The van der Waals surface area contributed by atoms with Crippen molar-refractivity contribution in [1.29, 1.82) is 0 Å². The van der Waals surface area contributed by atoms with Crippen LogP contribution >= 0.6 is 0 Å². The lowest BCUT2D eigenvalue weighted by Gasteiger charge is -2.15. The lowest BCUT2D eigenvalue weighted by atomic mass is 9.90. The van der Waals surface area contributed by atoms with Gasteiger partial charge in [-0.05, 0) is 43.0 Å². The molecule has 0 saturated carbocycles. The lowest BCUT2D eigenvalue weighted by Crippen LogP contribution is -2.12. The second-order valence-corrected chi connectivity index (χ2v) is 4.98. The van der Waals surface area contributed by atoms with E-state index in [9.17, 15) is 13.6 Å². The van der Waals surface area contributed by atoms with E-state index in [4.69, 9.17) is 0 Å². The summed E-state index contributed by atoms with van der Waals surface area (Å²) in [7, 11) is 0. The molecule has 2 aromatic carbocycles. The molecule has 0 bridgehead atoms. The summed E-state index contributed by atoms with van der Waals surface area (Å²) in [4.78, 5) is 11.7. The van der Waals surface area contributed by atoms with E-state index in [1.165, 1.54) is 6.07 Å². The molecule has 0 saturated heterocycles. The van der Waals surface area contributed by atoms with Gasteiger partial charge in [-0.2, -0.15) is 0 Å². The van der Waals surface area contributed by atoms with Crippen molar-refractivity contribution in [2.75, 3.05) is 0 Å². The number of hydrogen-bond donors (Lipinski definition) is 0. The normalized spacial score (nSPS) is 10.9. The minimum Gasteiger partial charge on any atom is -0.288 e. The summed E-state index contributed by atoms with van der Waals surface area (Å²) in [5.41, 5.74) is 4.60. The molecule has 0 aliphatic carbocycles. The van der Waals surface area contributed by atoms with Crippen LogP contribution < -0.4 is 0 Å². The van der Waals surface area contributed by atoms with E-state index in [1.54, 1.807) is 18.2 Å². The molecule has 0 aliphatic heterocycles. The first-order valence-electron chi connectivity index (χ1n) is 6.41. The quantitative estimate of drug-likeness (QED) is 0.740. The van der Waals surface area contributed by atoms with Crippen LogP contribution in [0.4, 0.5) is 8.78 Å². The van der Waals surface area contributed by atoms with Gasteiger partial charge in [0.05, 0.1) is 0 Å². The van der Waals surface area contributed by atoms with Crippen molar-refractivity contribution in [3.05, 3.63) is 58.7 Å². The summed E-state index contributed by atoms with van der Waals surface area (Å²) in [6, 6.07) is 10.5. The number of halogens is 2. The second-order valence-electron chi connectivity index (χ2n) is 4.98. The van der Waals surface area contributed by atoms with E-state index in [1.807, 2.05) is 32.9 Å². The Bertz CT molecular complexity index is 637. The largest absolute Gasteiger partial charge is 0.300 e. The van der Waals surface area contributed by atoms with Crippen LogP contribution in [0.1, 0.15) is 27.0 Å². The third kappa shape index (κ3) is 2.62. The van der Waals surface area contributed by atoms with Crippen molar-refractivity contribution in [2.45, 2.75) is 27.2 Å². The number of carbonyl (C=O) groups is 1. The fourth-order valence-electron chi connectivity index (χ4n) is 2.64. The van der Waals surface area contributed by atoms with Crippen molar-refractivity contribution in [2.24, 2.45) is 0 Å². The van der Waals surface area contributed by atoms with Gasteiger partial charge in [-0.3, -0.25) is 4.79 Å². The lowest BCUT2D eigenvalue weighted by molar-refractivity contribution is 0.0679. The van der Waals surface area contributed by atoms with Crippen LogP contribution in [0.25, 0.3) is 11.1 Å². The minimum atomic E-state index is -2.98. The van der Waals surface area contributed by atoms with Gasteiger partial charge in [0.15, 0.2) is 0 Å². The van der Waals surface area contributed by atoms with Gasteiger partial charge in [0, 0.05) is 5.56 Å². The summed E-state index contributed by atoms with van der Waals surface area (Å²) in [6.45, 7) is 5.85. The smallest absolute Gasteiger partial charge is 0.288 e. The van der Waals surface area contributed by atoms with Crippen LogP contribution in [-0.4, -0.2) is 12.2 Å². The minimum absolute atomic E-state index is 0.0811. The Kier molecular flexibility index (Phi) is 3.98. The molecular formula is C17H16F2O. The molecule has 2 aromatic rings. The van der Waals surface area contributed by atoms with E-state index >= 15 is 0 Å².